The first kappa shape index (κ1) is 27.7. The van der Waals surface area contributed by atoms with Crippen molar-refractivity contribution in [2.45, 2.75) is 6.23 Å². The molecule has 2 aromatic heterocycles. The number of thiazole rings is 1. The number of carbonyl (C=O) groups is 1. The van der Waals surface area contributed by atoms with Crippen molar-refractivity contribution in [3.05, 3.63) is 47.0 Å². The molecule has 3 N–H and O–H groups in total. The standard InChI is InChI=1S/C24H29ClN8O4S2/c1-30(2)39(36,37)33-10-8-32(9-11-33)21(34)14-26-22(35)15-4-7-19-18(12-15)27-23(31(19)3)29-24-28-17-6-5-16(25)13-20(17)38-24/h4-7,12-13,22,26,35H,8-11,14H2,1-3H3,(H,27,28,29). The molecule has 4 aromatic rings. The number of fused-ring (bicyclic) bond motifs is 2. The van der Waals surface area contributed by atoms with Gasteiger partial charge in [0.05, 0.1) is 27.8 Å². The average molecular weight is 593 g/mol. The Morgan fingerprint density at radius 1 is 1.13 bits per heavy atom. The number of hydrogen-bond donors (Lipinski definition) is 3. The van der Waals surface area contributed by atoms with E-state index in [4.69, 9.17) is 11.6 Å². The monoisotopic (exact) mass is 592 g/mol. The lowest BCUT2D eigenvalue weighted by Gasteiger charge is -2.35. The molecule has 1 unspecified atom stereocenters. The van der Waals surface area contributed by atoms with Gasteiger partial charge in [0, 0.05) is 52.3 Å². The van der Waals surface area contributed by atoms with Crippen LogP contribution in [0.4, 0.5) is 11.1 Å². The number of amides is 1. The van der Waals surface area contributed by atoms with E-state index in [1.165, 1.54) is 29.7 Å². The number of anilines is 2. The molecule has 2 aromatic carbocycles. The Balaban J connectivity index is 1.21. The van der Waals surface area contributed by atoms with Gasteiger partial charge in [-0.3, -0.25) is 10.1 Å². The molecule has 1 aliphatic rings. The van der Waals surface area contributed by atoms with E-state index < -0.39 is 16.4 Å². The molecule has 208 valence electrons. The van der Waals surface area contributed by atoms with Crippen molar-refractivity contribution in [1.82, 2.24) is 33.4 Å². The molecule has 39 heavy (non-hydrogen) atoms. The van der Waals surface area contributed by atoms with E-state index >= 15 is 0 Å². The van der Waals surface area contributed by atoms with Crippen LogP contribution in [0.15, 0.2) is 36.4 Å². The van der Waals surface area contributed by atoms with Crippen LogP contribution in [0, 0.1) is 0 Å². The summed E-state index contributed by atoms with van der Waals surface area (Å²) in [6.07, 6.45) is -1.08. The van der Waals surface area contributed by atoms with Gasteiger partial charge < -0.3 is 19.9 Å². The van der Waals surface area contributed by atoms with E-state index in [0.717, 1.165) is 20.0 Å². The highest BCUT2D eigenvalue weighted by Gasteiger charge is 2.30. The number of piperazine rings is 1. The van der Waals surface area contributed by atoms with Gasteiger partial charge in [0.1, 0.15) is 6.23 Å². The molecule has 12 nitrogen and oxygen atoms in total. The van der Waals surface area contributed by atoms with Crippen molar-refractivity contribution < 1.29 is 18.3 Å². The van der Waals surface area contributed by atoms with Crippen LogP contribution in [0.2, 0.25) is 5.02 Å². The van der Waals surface area contributed by atoms with Crippen molar-refractivity contribution >= 4 is 71.4 Å². The summed E-state index contributed by atoms with van der Waals surface area (Å²) >= 11 is 7.56. The van der Waals surface area contributed by atoms with Crippen LogP contribution in [0.5, 0.6) is 0 Å². The molecule has 15 heteroatoms. The Morgan fingerprint density at radius 2 is 1.87 bits per heavy atom. The summed E-state index contributed by atoms with van der Waals surface area (Å²) in [6.45, 7) is 0.955. The Hall–Kier alpha value is -2.85. The molecular weight excluding hydrogens is 564 g/mol. The number of rotatable bonds is 8. The molecular formula is C24H29ClN8O4S2. The maximum absolute atomic E-state index is 12.7. The van der Waals surface area contributed by atoms with Crippen LogP contribution < -0.4 is 10.6 Å². The highest BCUT2D eigenvalue weighted by molar-refractivity contribution is 7.86. The van der Waals surface area contributed by atoms with E-state index in [-0.39, 0.29) is 25.5 Å². The Labute approximate surface area is 235 Å². The number of imidazole rings is 1. The predicted octanol–water partition coefficient (Wildman–Crippen LogP) is 2.11. The Kier molecular flexibility index (Phi) is 7.79. The third-order valence-corrected chi connectivity index (χ3v) is 9.72. The van der Waals surface area contributed by atoms with Crippen molar-refractivity contribution in [2.24, 2.45) is 7.05 Å². The fourth-order valence-corrected chi connectivity index (χ4v) is 6.58. The first-order valence-corrected chi connectivity index (χ1v) is 14.8. The van der Waals surface area contributed by atoms with Gasteiger partial charge in [0.2, 0.25) is 11.9 Å². The van der Waals surface area contributed by atoms with Gasteiger partial charge in [-0.2, -0.15) is 17.0 Å². The van der Waals surface area contributed by atoms with Crippen LogP contribution in [-0.4, -0.2) is 94.3 Å². The highest BCUT2D eigenvalue weighted by atomic mass is 35.5. The van der Waals surface area contributed by atoms with Gasteiger partial charge in [0.25, 0.3) is 10.2 Å². The summed E-state index contributed by atoms with van der Waals surface area (Å²) in [5.74, 6) is 0.388. The van der Waals surface area contributed by atoms with Gasteiger partial charge in [-0.05, 0) is 35.9 Å². The number of nitrogens with one attached hydrogen (secondary N) is 2. The summed E-state index contributed by atoms with van der Waals surface area (Å²) < 4.78 is 29.9. The van der Waals surface area contributed by atoms with Crippen molar-refractivity contribution in [3.63, 3.8) is 0 Å². The zero-order valence-corrected chi connectivity index (χ0v) is 24.0. The quantitative estimate of drug-likeness (QED) is 0.265. The van der Waals surface area contributed by atoms with E-state index in [0.29, 0.717) is 40.3 Å². The molecule has 0 aliphatic carbocycles. The Morgan fingerprint density at radius 3 is 2.59 bits per heavy atom. The fourth-order valence-electron chi connectivity index (χ4n) is 4.36. The second kappa shape index (κ2) is 11.0. The minimum absolute atomic E-state index is 0.0870. The van der Waals surface area contributed by atoms with Crippen molar-refractivity contribution in [2.75, 3.05) is 52.1 Å². The lowest BCUT2D eigenvalue weighted by atomic mass is 10.1. The van der Waals surface area contributed by atoms with Crippen molar-refractivity contribution in [3.8, 4) is 0 Å². The van der Waals surface area contributed by atoms with Crippen LogP contribution in [0.3, 0.4) is 0 Å². The molecule has 1 saturated heterocycles. The summed E-state index contributed by atoms with van der Waals surface area (Å²) in [4.78, 5) is 23.5. The zero-order chi connectivity index (χ0) is 27.9. The molecule has 1 amide bonds. The van der Waals surface area contributed by atoms with Crippen LogP contribution >= 0.6 is 22.9 Å². The second-order valence-corrected chi connectivity index (χ2v) is 13.0. The molecule has 3 heterocycles. The Bertz CT molecular complexity index is 1630. The third kappa shape index (κ3) is 5.72. The van der Waals surface area contributed by atoms with Crippen LogP contribution in [-0.2, 0) is 22.1 Å². The number of aliphatic hydroxyl groups is 1. The molecule has 0 radical (unpaired) electrons. The van der Waals surface area contributed by atoms with Gasteiger partial charge in [0.15, 0.2) is 5.13 Å². The van der Waals surface area contributed by atoms with E-state index in [9.17, 15) is 18.3 Å². The SMILES string of the molecule is CN(C)S(=O)(=O)N1CCN(C(=O)CNC(O)c2ccc3c(c2)nc(Nc2nc4ccc(Cl)cc4s2)n3C)CC1. The molecule has 1 aliphatic heterocycles. The number of halogens is 1. The minimum Gasteiger partial charge on any atom is -0.374 e. The minimum atomic E-state index is -3.50. The molecule has 0 bridgehead atoms. The zero-order valence-electron chi connectivity index (χ0n) is 21.6. The normalized spacial score (nSPS) is 15.9. The molecule has 1 fully saturated rings. The van der Waals surface area contributed by atoms with Crippen molar-refractivity contribution in [1.29, 1.82) is 0 Å². The summed E-state index contributed by atoms with van der Waals surface area (Å²) in [6, 6.07) is 10.9. The van der Waals surface area contributed by atoms with E-state index in [1.54, 1.807) is 23.1 Å². The van der Waals surface area contributed by atoms with Gasteiger partial charge >= 0.3 is 0 Å². The lowest BCUT2D eigenvalue weighted by Crippen LogP contribution is -2.54. The van der Waals surface area contributed by atoms with E-state index in [1.807, 2.05) is 29.8 Å². The maximum atomic E-state index is 12.7. The molecule has 5 rings (SSSR count). The second-order valence-electron chi connectivity index (χ2n) is 9.35. The number of aromatic nitrogens is 3. The summed E-state index contributed by atoms with van der Waals surface area (Å²) in [7, 11) is 1.35. The van der Waals surface area contributed by atoms with E-state index in [2.05, 4.69) is 20.6 Å². The third-order valence-electron chi connectivity index (χ3n) is 6.62. The lowest BCUT2D eigenvalue weighted by molar-refractivity contribution is -0.132. The predicted molar refractivity (Wildman–Crippen MR) is 152 cm³/mol. The van der Waals surface area contributed by atoms with Crippen LogP contribution in [0.1, 0.15) is 11.8 Å². The number of aliphatic hydroxyl groups excluding tert-OH is 1. The highest BCUT2D eigenvalue weighted by Crippen LogP contribution is 2.31. The topological polar surface area (TPSA) is 136 Å². The van der Waals surface area contributed by atoms with Crippen LogP contribution in [0.25, 0.3) is 21.3 Å². The summed E-state index contributed by atoms with van der Waals surface area (Å²) in [5.41, 5.74) is 2.94. The number of hydrogen-bond acceptors (Lipinski definition) is 9. The molecule has 0 spiro atoms. The number of benzene rings is 2. The van der Waals surface area contributed by atoms with Gasteiger partial charge in [-0.15, -0.1) is 0 Å². The largest absolute Gasteiger partial charge is 0.374 e. The summed E-state index contributed by atoms with van der Waals surface area (Å²) in [5, 5.41) is 18.2. The molecule has 0 saturated carbocycles. The fraction of sp³-hybridized carbons (Fsp3) is 0.375. The van der Waals surface area contributed by atoms with Gasteiger partial charge in [-0.25, -0.2) is 9.97 Å². The smallest absolute Gasteiger partial charge is 0.281 e. The first-order valence-electron chi connectivity index (χ1n) is 12.2. The number of carbonyl (C=O) groups excluding carboxylic acids is 1. The van der Waals surface area contributed by atoms with Gasteiger partial charge in [-0.1, -0.05) is 29.0 Å². The number of nitrogens with zero attached hydrogens (tertiary/aromatic N) is 6. The molecule has 1 atom stereocenters. The first-order chi connectivity index (χ1) is 18.5. The average Bonchev–Trinajstić information content (AvgIpc) is 3.45. The number of aryl methyl sites for hydroxylation is 1. The maximum Gasteiger partial charge on any atom is 0.281 e.